The van der Waals surface area contributed by atoms with Gasteiger partial charge in [-0.1, -0.05) is 23.5 Å². The summed E-state index contributed by atoms with van der Waals surface area (Å²) >= 11 is 1.47. The number of rotatable bonds is 1. The van der Waals surface area contributed by atoms with Crippen molar-refractivity contribution >= 4 is 27.6 Å². The van der Waals surface area contributed by atoms with E-state index in [0.717, 1.165) is 10.2 Å². The number of thiazole rings is 1. The molecule has 1 aromatic carbocycles. The van der Waals surface area contributed by atoms with E-state index in [1.165, 1.54) is 11.3 Å². The second-order valence-electron chi connectivity index (χ2n) is 3.22. The van der Waals surface area contributed by atoms with Crippen molar-refractivity contribution in [2.24, 2.45) is 12.0 Å². The lowest BCUT2D eigenvalue weighted by molar-refractivity contribution is 0.162. The Morgan fingerprint density at radius 2 is 2.25 bits per heavy atom. The number of amides is 1. The van der Waals surface area contributed by atoms with Crippen LogP contribution in [0.1, 0.15) is 6.92 Å². The zero-order valence-corrected chi connectivity index (χ0v) is 9.95. The molecule has 0 unspecified atom stereocenters. The Kier molecular flexibility index (Phi) is 3.05. The second-order valence-corrected chi connectivity index (χ2v) is 4.23. The van der Waals surface area contributed by atoms with E-state index in [9.17, 15) is 4.79 Å². The third kappa shape index (κ3) is 1.99. The minimum absolute atomic E-state index is 0.344. The van der Waals surface area contributed by atoms with Gasteiger partial charge >= 0.3 is 6.09 Å². The van der Waals surface area contributed by atoms with Crippen molar-refractivity contribution in [2.75, 3.05) is 6.61 Å². The van der Waals surface area contributed by atoms with Crippen LogP contribution in [0.25, 0.3) is 10.2 Å². The topological polar surface area (TPSA) is 43.6 Å². The number of aryl methyl sites for hydroxylation is 1. The number of ether oxygens (including phenoxy) is 1. The van der Waals surface area contributed by atoms with E-state index < -0.39 is 6.09 Å². The largest absolute Gasteiger partial charge is 0.448 e. The van der Waals surface area contributed by atoms with Crippen LogP contribution in [0.3, 0.4) is 0 Å². The Labute approximate surface area is 96.8 Å². The van der Waals surface area contributed by atoms with Crippen LogP contribution in [0.15, 0.2) is 29.3 Å². The second kappa shape index (κ2) is 4.49. The highest BCUT2D eigenvalue weighted by atomic mass is 32.1. The maximum Gasteiger partial charge on any atom is 0.436 e. The van der Waals surface area contributed by atoms with Gasteiger partial charge in [0.1, 0.15) is 0 Å². The molecule has 0 radical (unpaired) electrons. The summed E-state index contributed by atoms with van der Waals surface area (Å²) in [6, 6.07) is 7.93. The van der Waals surface area contributed by atoms with Crippen molar-refractivity contribution in [1.82, 2.24) is 4.57 Å². The number of aromatic nitrogens is 1. The molecule has 0 spiro atoms. The Hall–Kier alpha value is -1.62. The minimum atomic E-state index is -0.537. The van der Waals surface area contributed by atoms with Crippen molar-refractivity contribution < 1.29 is 9.53 Å². The summed E-state index contributed by atoms with van der Waals surface area (Å²) in [5, 5.41) is 0. The van der Waals surface area contributed by atoms with Crippen LogP contribution in [-0.4, -0.2) is 17.3 Å². The smallest absolute Gasteiger partial charge is 0.436 e. The molecule has 0 aliphatic heterocycles. The molecule has 0 atom stereocenters. The van der Waals surface area contributed by atoms with Gasteiger partial charge in [-0.3, -0.25) is 0 Å². The molecule has 2 rings (SSSR count). The van der Waals surface area contributed by atoms with Gasteiger partial charge < -0.3 is 9.30 Å². The van der Waals surface area contributed by atoms with Gasteiger partial charge in [0.25, 0.3) is 0 Å². The summed E-state index contributed by atoms with van der Waals surface area (Å²) in [6.45, 7) is 2.11. The molecule has 0 N–H and O–H groups in total. The van der Waals surface area contributed by atoms with Crippen LogP contribution >= 0.6 is 11.3 Å². The van der Waals surface area contributed by atoms with Crippen molar-refractivity contribution in [3.63, 3.8) is 0 Å². The highest BCUT2D eigenvalue weighted by molar-refractivity contribution is 7.16. The quantitative estimate of drug-likeness (QED) is 0.762. The summed E-state index contributed by atoms with van der Waals surface area (Å²) in [6.07, 6.45) is -0.537. The molecular weight excluding hydrogens is 224 g/mol. The molecule has 1 aromatic heterocycles. The molecule has 0 aliphatic rings. The van der Waals surface area contributed by atoms with Gasteiger partial charge in [-0.2, -0.15) is 0 Å². The van der Waals surface area contributed by atoms with Crippen LogP contribution in [-0.2, 0) is 11.8 Å². The molecular formula is C11H12N2O2S. The number of nitrogens with zero attached hydrogens (tertiary/aromatic N) is 2. The number of hydrogen-bond acceptors (Lipinski definition) is 3. The van der Waals surface area contributed by atoms with Gasteiger partial charge in [-0.05, 0) is 19.1 Å². The monoisotopic (exact) mass is 236 g/mol. The molecule has 0 fully saturated rings. The van der Waals surface area contributed by atoms with Crippen LogP contribution in [0.5, 0.6) is 0 Å². The van der Waals surface area contributed by atoms with E-state index in [4.69, 9.17) is 4.74 Å². The Morgan fingerprint density at radius 1 is 1.50 bits per heavy atom. The van der Waals surface area contributed by atoms with E-state index in [2.05, 4.69) is 4.99 Å². The number of carbonyl (C=O) groups excluding carboxylic acids is 1. The summed E-state index contributed by atoms with van der Waals surface area (Å²) in [7, 11) is 1.89. The Bertz CT molecular complexity index is 583. The average Bonchev–Trinajstić information content (AvgIpc) is 2.57. The maximum atomic E-state index is 11.2. The number of hydrogen-bond donors (Lipinski definition) is 0. The van der Waals surface area contributed by atoms with Gasteiger partial charge in [0.2, 0.25) is 0 Å². The maximum absolute atomic E-state index is 11.2. The lowest BCUT2D eigenvalue weighted by Crippen LogP contribution is -2.13. The lowest BCUT2D eigenvalue weighted by atomic mass is 10.3. The van der Waals surface area contributed by atoms with Crippen LogP contribution < -0.4 is 4.80 Å². The SMILES string of the molecule is CCOC(=O)N=c1sc2ccccc2n1C. The molecule has 4 nitrogen and oxygen atoms in total. The number of carbonyl (C=O) groups is 1. The van der Waals surface area contributed by atoms with E-state index >= 15 is 0 Å². The number of benzene rings is 1. The molecule has 2 aromatic rings. The van der Waals surface area contributed by atoms with Gasteiger partial charge in [0, 0.05) is 7.05 Å². The number of para-hydroxylation sites is 1. The molecule has 84 valence electrons. The first-order valence-corrected chi connectivity index (χ1v) is 5.80. The Morgan fingerprint density at radius 3 is 2.94 bits per heavy atom. The first kappa shape index (κ1) is 10.9. The van der Waals surface area contributed by atoms with Crippen molar-refractivity contribution in [2.45, 2.75) is 6.92 Å². The predicted molar refractivity (Wildman–Crippen MR) is 63.4 cm³/mol. The molecule has 1 heterocycles. The zero-order chi connectivity index (χ0) is 11.5. The third-order valence-electron chi connectivity index (χ3n) is 2.17. The normalized spacial score (nSPS) is 12.0. The van der Waals surface area contributed by atoms with Gasteiger partial charge in [0.15, 0.2) is 4.80 Å². The molecule has 1 amide bonds. The lowest BCUT2D eigenvalue weighted by Gasteiger charge is -1.95. The predicted octanol–water partition coefficient (Wildman–Crippen LogP) is 2.30. The highest BCUT2D eigenvalue weighted by Crippen LogP contribution is 2.15. The van der Waals surface area contributed by atoms with Crippen molar-refractivity contribution in [3.05, 3.63) is 29.1 Å². The minimum Gasteiger partial charge on any atom is -0.448 e. The van der Waals surface area contributed by atoms with Crippen LogP contribution in [0.2, 0.25) is 0 Å². The average molecular weight is 236 g/mol. The first-order valence-electron chi connectivity index (χ1n) is 4.98. The van der Waals surface area contributed by atoms with Gasteiger partial charge in [0.05, 0.1) is 16.8 Å². The van der Waals surface area contributed by atoms with Crippen LogP contribution in [0.4, 0.5) is 4.79 Å². The first-order chi connectivity index (χ1) is 7.72. The fourth-order valence-corrected chi connectivity index (χ4v) is 2.43. The standard InChI is InChI=1S/C11H12N2O2S/c1-3-15-11(14)12-10-13(2)8-6-4-5-7-9(8)16-10/h4-7H,3H2,1-2H3. The van der Waals surface area contributed by atoms with Gasteiger partial charge in [-0.25, -0.2) is 4.79 Å². The van der Waals surface area contributed by atoms with Crippen LogP contribution in [0, 0.1) is 0 Å². The van der Waals surface area contributed by atoms with E-state index in [0.29, 0.717) is 11.4 Å². The third-order valence-corrected chi connectivity index (χ3v) is 3.28. The molecule has 0 bridgehead atoms. The molecule has 0 saturated carbocycles. The Balaban J connectivity index is 2.53. The van der Waals surface area contributed by atoms with Gasteiger partial charge in [-0.15, -0.1) is 4.99 Å². The molecule has 0 aliphatic carbocycles. The molecule has 5 heteroatoms. The fraction of sp³-hybridized carbons (Fsp3) is 0.273. The summed E-state index contributed by atoms with van der Waals surface area (Å²) in [4.78, 5) is 15.8. The summed E-state index contributed by atoms with van der Waals surface area (Å²) in [5.74, 6) is 0. The van der Waals surface area contributed by atoms with E-state index in [-0.39, 0.29) is 0 Å². The van der Waals surface area contributed by atoms with E-state index in [1.807, 2.05) is 35.9 Å². The summed E-state index contributed by atoms with van der Waals surface area (Å²) < 4.78 is 7.78. The van der Waals surface area contributed by atoms with Crippen molar-refractivity contribution in [3.8, 4) is 0 Å². The fourth-order valence-electron chi connectivity index (χ4n) is 1.42. The number of fused-ring (bicyclic) bond motifs is 1. The van der Waals surface area contributed by atoms with Crippen molar-refractivity contribution in [1.29, 1.82) is 0 Å². The summed E-state index contributed by atoms with van der Waals surface area (Å²) in [5.41, 5.74) is 1.07. The van der Waals surface area contributed by atoms with E-state index in [1.54, 1.807) is 6.92 Å². The molecule has 16 heavy (non-hydrogen) atoms. The zero-order valence-electron chi connectivity index (χ0n) is 9.14. The molecule has 0 saturated heterocycles. The highest BCUT2D eigenvalue weighted by Gasteiger charge is 2.03.